The van der Waals surface area contributed by atoms with Crippen molar-refractivity contribution in [3.8, 4) is 0 Å². The summed E-state index contributed by atoms with van der Waals surface area (Å²) < 4.78 is 0. The fraction of sp³-hybridized carbons (Fsp3) is 0. The SMILES string of the molecule is O=C(O)C(=Cc1ccc[nH]1)C(=O)O. The van der Waals surface area contributed by atoms with Gasteiger partial charge in [0.1, 0.15) is 5.57 Å². The largest absolute Gasteiger partial charge is 0.477 e. The Kier molecular flexibility index (Phi) is 2.49. The molecule has 0 atom stereocenters. The van der Waals surface area contributed by atoms with Crippen LogP contribution in [0.3, 0.4) is 0 Å². The average molecular weight is 181 g/mol. The van der Waals surface area contributed by atoms with Crippen LogP contribution in [-0.4, -0.2) is 27.1 Å². The molecule has 0 saturated heterocycles. The second-order valence-corrected chi connectivity index (χ2v) is 2.29. The molecule has 0 aliphatic heterocycles. The van der Waals surface area contributed by atoms with Crippen molar-refractivity contribution in [2.75, 3.05) is 0 Å². The average Bonchev–Trinajstić information content (AvgIpc) is 2.50. The Balaban J connectivity index is 3.01. The fourth-order valence-corrected chi connectivity index (χ4v) is 0.804. The van der Waals surface area contributed by atoms with E-state index in [-0.39, 0.29) is 0 Å². The molecule has 5 heteroatoms. The van der Waals surface area contributed by atoms with E-state index in [4.69, 9.17) is 10.2 Å². The maximum atomic E-state index is 10.4. The molecule has 0 saturated carbocycles. The summed E-state index contributed by atoms with van der Waals surface area (Å²) in [5, 5.41) is 17.0. The number of carboxylic acids is 2. The number of hydrogen-bond donors (Lipinski definition) is 3. The molecule has 0 bridgehead atoms. The molecule has 0 amide bonds. The van der Waals surface area contributed by atoms with Gasteiger partial charge in [0.15, 0.2) is 0 Å². The number of hydrogen-bond acceptors (Lipinski definition) is 2. The predicted octanol–water partition coefficient (Wildman–Crippen LogP) is 0.567. The van der Waals surface area contributed by atoms with E-state index in [9.17, 15) is 9.59 Å². The van der Waals surface area contributed by atoms with Crippen LogP contribution in [0.15, 0.2) is 23.9 Å². The monoisotopic (exact) mass is 181 g/mol. The van der Waals surface area contributed by atoms with Gasteiger partial charge < -0.3 is 15.2 Å². The minimum Gasteiger partial charge on any atom is -0.477 e. The molecule has 13 heavy (non-hydrogen) atoms. The van der Waals surface area contributed by atoms with Crippen molar-refractivity contribution >= 4 is 18.0 Å². The summed E-state index contributed by atoms with van der Waals surface area (Å²) in [4.78, 5) is 23.5. The number of carboxylic acid groups (broad SMARTS) is 2. The number of nitrogens with one attached hydrogen (secondary N) is 1. The highest BCUT2D eigenvalue weighted by molar-refractivity contribution is 6.16. The van der Waals surface area contributed by atoms with E-state index in [0.29, 0.717) is 5.69 Å². The van der Waals surface area contributed by atoms with Gasteiger partial charge in [0.25, 0.3) is 0 Å². The standard InChI is InChI=1S/C8H7NO4/c10-7(11)6(8(12)13)4-5-2-1-3-9-5/h1-4,9H,(H,10,11)(H,12,13). The third kappa shape index (κ3) is 2.19. The molecule has 1 rings (SSSR count). The Morgan fingerprint density at radius 1 is 1.31 bits per heavy atom. The molecule has 0 aromatic carbocycles. The first kappa shape index (κ1) is 9.05. The summed E-state index contributed by atoms with van der Waals surface area (Å²) in [6.07, 6.45) is 2.64. The molecule has 0 unspecified atom stereocenters. The minimum atomic E-state index is -1.46. The Morgan fingerprint density at radius 3 is 2.31 bits per heavy atom. The number of H-pyrrole nitrogens is 1. The minimum absolute atomic E-state index is 0.444. The van der Waals surface area contributed by atoms with Gasteiger partial charge in [-0.15, -0.1) is 0 Å². The van der Waals surface area contributed by atoms with Crippen molar-refractivity contribution in [1.82, 2.24) is 4.98 Å². The van der Waals surface area contributed by atoms with Gasteiger partial charge in [0.2, 0.25) is 0 Å². The second-order valence-electron chi connectivity index (χ2n) is 2.29. The van der Waals surface area contributed by atoms with Gasteiger partial charge >= 0.3 is 11.9 Å². The molecular formula is C8H7NO4. The van der Waals surface area contributed by atoms with E-state index in [1.807, 2.05) is 0 Å². The van der Waals surface area contributed by atoms with Crippen molar-refractivity contribution in [1.29, 1.82) is 0 Å². The third-order valence-corrected chi connectivity index (χ3v) is 1.38. The van der Waals surface area contributed by atoms with Crippen LogP contribution in [0.4, 0.5) is 0 Å². The normalized spacial score (nSPS) is 9.23. The first-order chi connectivity index (χ1) is 6.11. The van der Waals surface area contributed by atoms with Crippen molar-refractivity contribution in [2.24, 2.45) is 0 Å². The lowest BCUT2D eigenvalue weighted by atomic mass is 10.2. The number of aromatic amines is 1. The molecule has 1 heterocycles. The van der Waals surface area contributed by atoms with Gasteiger partial charge in [-0.05, 0) is 18.2 Å². The maximum absolute atomic E-state index is 10.4. The highest BCUT2D eigenvalue weighted by atomic mass is 16.4. The smallest absolute Gasteiger partial charge is 0.343 e. The lowest BCUT2D eigenvalue weighted by Crippen LogP contribution is -2.10. The zero-order valence-electron chi connectivity index (χ0n) is 6.52. The van der Waals surface area contributed by atoms with E-state index >= 15 is 0 Å². The Hall–Kier alpha value is -2.04. The topological polar surface area (TPSA) is 90.4 Å². The maximum Gasteiger partial charge on any atom is 0.343 e. The molecule has 1 aromatic rings. The van der Waals surface area contributed by atoms with Gasteiger partial charge in [0.05, 0.1) is 0 Å². The van der Waals surface area contributed by atoms with Crippen molar-refractivity contribution in [3.63, 3.8) is 0 Å². The van der Waals surface area contributed by atoms with E-state index in [2.05, 4.69) is 4.98 Å². The van der Waals surface area contributed by atoms with Crippen LogP contribution in [0.25, 0.3) is 6.08 Å². The van der Waals surface area contributed by atoms with Crippen LogP contribution < -0.4 is 0 Å². The van der Waals surface area contributed by atoms with Crippen LogP contribution in [-0.2, 0) is 9.59 Å². The van der Waals surface area contributed by atoms with Crippen molar-refractivity contribution in [2.45, 2.75) is 0 Å². The number of carbonyl (C=O) groups is 2. The van der Waals surface area contributed by atoms with Crippen LogP contribution in [0, 0.1) is 0 Å². The van der Waals surface area contributed by atoms with E-state index < -0.39 is 17.5 Å². The molecule has 5 nitrogen and oxygen atoms in total. The summed E-state index contributed by atoms with van der Waals surface area (Å²) in [5.74, 6) is -2.91. The fourth-order valence-electron chi connectivity index (χ4n) is 0.804. The number of rotatable bonds is 3. The predicted molar refractivity (Wildman–Crippen MR) is 44.0 cm³/mol. The van der Waals surface area contributed by atoms with E-state index in [1.54, 1.807) is 18.3 Å². The molecule has 1 aromatic heterocycles. The summed E-state index contributed by atoms with van der Waals surface area (Å²) in [7, 11) is 0. The van der Waals surface area contributed by atoms with E-state index in [0.717, 1.165) is 6.08 Å². The molecule has 0 aliphatic carbocycles. The van der Waals surface area contributed by atoms with Gasteiger partial charge in [-0.2, -0.15) is 0 Å². The summed E-state index contributed by atoms with van der Waals surface area (Å²) in [6, 6.07) is 3.22. The zero-order valence-corrected chi connectivity index (χ0v) is 6.52. The molecular weight excluding hydrogens is 174 g/mol. The molecule has 0 fully saturated rings. The van der Waals surface area contributed by atoms with Crippen molar-refractivity contribution < 1.29 is 19.8 Å². The first-order valence-electron chi connectivity index (χ1n) is 3.43. The third-order valence-electron chi connectivity index (χ3n) is 1.38. The lowest BCUT2D eigenvalue weighted by Gasteiger charge is -1.93. The Bertz CT molecular complexity index is 334. The zero-order chi connectivity index (χ0) is 9.84. The molecule has 0 spiro atoms. The highest BCUT2D eigenvalue weighted by Crippen LogP contribution is 2.04. The number of aromatic nitrogens is 1. The number of aliphatic carboxylic acids is 2. The Labute approximate surface area is 73.3 Å². The van der Waals surface area contributed by atoms with Crippen LogP contribution >= 0.6 is 0 Å². The second kappa shape index (κ2) is 3.57. The van der Waals surface area contributed by atoms with Gasteiger partial charge in [-0.1, -0.05) is 0 Å². The van der Waals surface area contributed by atoms with Gasteiger partial charge in [-0.25, -0.2) is 9.59 Å². The summed E-state index contributed by atoms with van der Waals surface area (Å²) in [6.45, 7) is 0. The quantitative estimate of drug-likeness (QED) is 0.361. The summed E-state index contributed by atoms with van der Waals surface area (Å²) in [5.41, 5.74) is -0.220. The molecule has 0 radical (unpaired) electrons. The highest BCUT2D eigenvalue weighted by Gasteiger charge is 2.15. The lowest BCUT2D eigenvalue weighted by molar-refractivity contribution is -0.139. The van der Waals surface area contributed by atoms with Crippen LogP contribution in [0.1, 0.15) is 5.69 Å². The van der Waals surface area contributed by atoms with Crippen LogP contribution in [0.5, 0.6) is 0 Å². The van der Waals surface area contributed by atoms with E-state index in [1.165, 1.54) is 0 Å². The first-order valence-corrected chi connectivity index (χ1v) is 3.43. The van der Waals surface area contributed by atoms with Crippen molar-refractivity contribution in [3.05, 3.63) is 29.6 Å². The molecule has 68 valence electrons. The Morgan fingerprint density at radius 2 is 1.92 bits per heavy atom. The van der Waals surface area contributed by atoms with Gasteiger partial charge in [-0.3, -0.25) is 0 Å². The molecule has 0 aliphatic rings. The van der Waals surface area contributed by atoms with Crippen LogP contribution in [0.2, 0.25) is 0 Å². The summed E-state index contributed by atoms with van der Waals surface area (Å²) >= 11 is 0. The molecule has 3 N–H and O–H groups in total. The van der Waals surface area contributed by atoms with Gasteiger partial charge in [0, 0.05) is 11.9 Å².